The molecule has 0 bridgehead atoms. The SMILES string of the molecule is CNC1(C(=O)OC)CCC(N2CCCC2C2CCCC2)C1. The van der Waals surface area contributed by atoms with Crippen LogP contribution in [0.5, 0.6) is 0 Å². The van der Waals surface area contributed by atoms with Crippen LogP contribution in [-0.4, -0.2) is 49.2 Å². The second-order valence-electron chi connectivity index (χ2n) is 7.21. The zero-order chi connectivity index (χ0) is 14.9. The fourth-order valence-electron chi connectivity index (χ4n) is 5.13. The molecule has 3 unspecified atom stereocenters. The number of methoxy groups -OCH3 is 1. The lowest BCUT2D eigenvalue weighted by molar-refractivity contribution is -0.148. The van der Waals surface area contributed by atoms with E-state index in [0.29, 0.717) is 6.04 Å². The van der Waals surface area contributed by atoms with E-state index in [1.807, 2.05) is 7.05 Å². The molecule has 0 radical (unpaired) electrons. The number of carbonyl (C=O) groups is 1. The van der Waals surface area contributed by atoms with Crippen molar-refractivity contribution in [2.45, 2.75) is 75.4 Å². The maximum atomic E-state index is 12.2. The molecule has 0 aromatic carbocycles. The molecular formula is C17H30N2O2. The average Bonchev–Trinajstić information content (AvgIpc) is 3.23. The van der Waals surface area contributed by atoms with E-state index in [9.17, 15) is 4.79 Å². The van der Waals surface area contributed by atoms with Crippen LogP contribution in [0.3, 0.4) is 0 Å². The van der Waals surface area contributed by atoms with Crippen LogP contribution in [0.15, 0.2) is 0 Å². The van der Waals surface area contributed by atoms with Crippen LogP contribution in [-0.2, 0) is 9.53 Å². The molecule has 1 N–H and O–H groups in total. The molecule has 120 valence electrons. The number of hydrogen-bond donors (Lipinski definition) is 1. The van der Waals surface area contributed by atoms with Gasteiger partial charge in [0.15, 0.2) is 0 Å². The summed E-state index contributed by atoms with van der Waals surface area (Å²) in [5.74, 6) is 0.833. The van der Waals surface area contributed by atoms with Gasteiger partial charge in [0.05, 0.1) is 7.11 Å². The third-order valence-corrected chi connectivity index (χ3v) is 6.30. The van der Waals surface area contributed by atoms with Gasteiger partial charge in [0.2, 0.25) is 0 Å². The number of ether oxygens (including phenoxy) is 1. The first kappa shape index (κ1) is 15.3. The van der Waals surface area contributed by atoms with Gasteiger partial charge in [-0.05, 0) is 64.5 Å². The van der Waals surface area contributed by atoms with Crippen molar-refractivity contribution in [2.24, 2.45) is 5.92 Å². The van der Waals surface area contributed by atoms with E-state index in [0.717, 1.165) is 31.2 Å². The molecule has 21 heavy (non-hydrogen) atoms. The fourth-order valence-corrected chi connectivity index (χ4v) is 5.13. The molecule has 1 aliphatic heterocycles. The first-order valence-corrected chi connectivity index (χ1v) is 8.73. The summed E-state index contributed by atoms with van der Waals surface area (Å²) in [5, 5.41) is 3.26. The highest BCUT2D eigenvalue weighted by Gasteiger charge is 2.49. The van der Waals surface area contributed by atoms with Gasteiger partial charge in [-0.25, -0.2) is 0 Å². The Morgan fingerprint density at radius 3 is 2.62 bits per heavy atom. The van der Waals surface area contributed by atoms with Crippen LogP contribution in [0.1, 0.15) is 57.8 Å². The van der Waals surface area contributed by atoms with Gasteiger partial charge in [0.1, 0.15) is 5.54 Å². The summed E-state index contributed by atoms with van der Waals surface area (Å²) in [6.45, 7) is 1.23. The second kappa shape index (κ2) is 6.25. The Morgan fingerprint density at radius 1 is 1.19 bits per heavy atom. The summed E-state index contributed by atoms with van der Waals surface area (Å²) in [7, 11) is 3.41. The summed E-state index contributed by atoms with van der Waals surface area (Å²) in [6.07, 6.45) is 11.3. The minimum absolute atomic E-state index is 0.0795. The number of carbonyl (C=O) groups excluding carboxylic acids is 1. The van der Waals surface area contributed by atoms with Gasteiger partial charge in [-0.15, -0.1) is 0 Å². The molecule has 4 nitrogen and oxygen atoms in total. The Balaban J connectivity index is 1.68. The topological polar surface area (TPSA) is 41.6 Å². The summed E-state index contributed by atoms with van der Waals surface area (Å²) in [4.78, 5) is 14.9. The third kappa shape index (κ3) is 2.72. The van der Waals surface area contributed by atoms with Gasteiger partial charge in [-0.1, -0.05) is 12.8 Å². The number of likely N-dealkylation sites (tertiary alicyclic amines) is 1. The average molecular weight is 294 g/mol. The van der Waals surface area contributed by atoms with E-state index in [2.05, 4.69) is 10.2 Å². The van der Waals surface area contributed by atoms with Crippen molar-refractivity contribution in [3.8, 4) is 0 Å². The van der Waals surface area contributed by atoms with Gasteiger partial charge in [0.25, 0.3) is 0 Å². The normalized spacial score (nSPS) is 38.2. The minimum Gasteiger partial charge on any atom is -0.468 e. The van der Waals surface area contributed by atoms with E-state index in [1.165, 1.54) is 52.2 Å². The maximum absolute atomic E-state index is 12.2. The standard InChI is InChI=1S/C17H30N2O2/c1-18-17(16(20)21-2)10-9-14(12-17)19-11-5-8-15(19)13-6-3-4-7-13/h13-15,18H,3-12H2,1-2H3. The molecule has 2 saturated carbocycles. The Kier molecular flexibility index (Phi) is 4.55. The smallest absolute Gasteiger partial charge is 0.326 e. The molecule has 3 rings (SSSR count). The monoisotopic (exact) mass is 294 g/mol. The van der Waals surface area contributed by atoms with Gasteiger partial charge >= 0.3 is 5.97 Å². The molecule has 0 amide bonds. The molecule has 3 aliphatic rings. The largest absolute Gasteiger partial charge is 0.468 e. The summed E-state index contributed by atoms with van der Waals surface area (Å²) in [5.41, 5.74) is -0.442. The molecule has 1 heterocycles. The Bertz CT molecular complexity index is 381. The Labute approximate surface area is 128 Å². The van der Waals surface area contributed by atoms with Crippen LogP contribution in [0, 0.1) is 5.92 Å². The summed E-state index contributed by atoms with van der Waals surface area (Å²) >= 11 is 0. The molecule has 1 saturated heterocycles. The van der Waals surface area contributed by atoms with Crippen molar-refractivity contribution < 1.29 is 9.53 Å². The number of hydrogen-bond acceptors (Lipinski definition) is 4. The van der Waals surface area contributed by atoms with Gasteiger partial charge in [0, 0.05) is 12.1 Å². The van der Waals surface area contributed by atoms with Crippen molar-refractivity contribution in [3.63, 3.8) is 0 Å². The molecule has 4 heteroatoms. The highest BCUT2D eigenvalue weighted by molar-refractivity contribution is 5.81. The predicted molar refractivity (Wildman–Crippen MR) is 83.1 cm³/mol. The van der Waals surface area contributed by atoms with Crippen molar-refractivity contribution in [1.29, 1.82) is 0 Å². The minimum atomic E-state index is -0.442. The first-order valence-electron chi connectivity index (χ1n) is 8.73. The molecule has 0 aromatic heterocycles. The van der Waals surface area contributed by atoms with E-state index < -0.39 is 5.54 Å². The highest BCUT2D eigenvalue weighted by Crippen LogP contribution is 2.41. The summed E-state index contributed by atoms with van der Waals surface area (Å²) < 4.78 is 5.05. The van der Waals surface area contributed by atoms with Crippen molar-refractivity contribution in [2.75, 3.05) is 20.7 Å². The molecular weight excluding hydrogens is 264 g/mol. The molecule has 0 aromatic rings. The van der Waals surface area contributed by atoms with Crippen molar-refractivity contribution >= 4 is 5.97 Å². The predicted octanol–water partition coefficient (Wildman–Crippen LogP) is 2.32. The lowest BCUT2D eigenvalue weighted by Crippen LogP contribution is -2.51. The number of nitrogens with one attached hydrogen (secondary N) is 1. The maximum Gasteiger partial charge on any atom is 0.326 e. The lowest BCUT2D eigenvalue weighted by atomic mass is 9.94. The Hall–Kier alpha value is -0.610. The van der Waals surface area contributed by atoms with Gasteiger partial charge in [-0.2, -0.15) is 0 Å². The molecule has 0 spiro atoms. The Morgan fingerprint density at radius 2 is 1.95 bits per heavy atom. The highest BCUT2D eigenvalue weighted by atomic mass is 16.5. The number of esters is 1. The van der Waals surface area contributed by atoms with Crippen LogP contribution in [0.4, 0.5) is 0 Å². The van der Waals surface area contributed by atoms with E-state index >= 15 is 0 Å². The first-order chi connectivity index (χ1) is 10.2. The van der Waals surface area contributed by atoms with Crippen molar-refractivity contribution in [1.82, 2.24) is 10.2 Å². The number of rotatable bonds is 4. The van der Waals surface area contributed by atoms with Crippen molar-refractivity contribution in [3.05, 3.63) is 0 Å². The number of likely N-dealkylation sites (N-methyl/N-ethyl adjacent to an activating group) is 1. The number of nitrogens with zero attached hydrogens (tertiary/aromatic N) is 1. The van der Waals surface area contributed by atoms with Gasteiger partial charge in [-0.3, -0.25) is 9.69 Å². The van der Waals surface area contributed by atoms with E-state index in [-0.39, 0.29) is 5.97 Å². The lowest BCUT2D eigenvalue weighted by Gasteiger charge is -2.35. The molecule has 2 aliphatic carbocycles. The van der Waals surface area contributed by atoms with Gasteiger partial charge < -0.3 is 10.1 Å². The fraction of sp³-hybridized carbons (Fsp3) is 0.941. The van der Waals surface area contributed by atoms with Crippen LogP contribution in [0.25, 0.3) is 0 Å². The zero-order valence-electron chi connectivity index (χ0n) is 13.6. The van der Waals surface area contributed by atoms with Crippen LogP contribution < -0.4 is 5.32 Å². The summed E-state index contributed by atoms with van der Waals surface area (Å²) in [6, 6.07) is 1.34. The van der Waals surface area contributed by atoms with Crippen LogP contribution >= 0.6 is 0 Å². The van der Waals surface area contributed by atoms with E-state index in [4.69, 9.17) is 4.74 Å². The van der Waals surface area contributed by atoms with E-state index in [1.54, 1.807) is 0 Å². The molecule has 3 fully saturated rings. The second-order valence-corrected chi connectivity index (χ2v) is 7.21. The van der Waals surface area contributed by atoms with Crippen LogP contribution in [0.2, 0.25) is 0 Å². The molecule has 3 atom stereocenters. The quantitative estimate of drug-likeness (QED) is 0.808. The zero-order valence-corrected chi connectivity index (χ0v) is 13.6. The third-order valence-electron chi connectivity index (χ3n) is 6.30.